The van der Waals surface area contributed by atoms with Gasteiger partial charge in [-0.3, -0.25) is 4.79 Å². The molecule has 1 aromatic carbocycles. The van der Waals surface area contributed by atoms with Crippen molar-refractivity contribution in [3.05, 3.63) is 45.9 Å². The van der Waals surface area contributed by atoms with E-state index in [4.69, 9.17) is 9.47 Å². The molecule has 2 N–H and O–H groups in total. The van der Waals surface area contributed by atoms with E-state index >= 15 is 0 Å². The summed E-state index contributed by atoms with van der Waals surface area (Å²) in [6.07, 6.45) is -0.278. The minimum Gasteiger partial charge on any atom is -0.458 e. The Balaban J connectivity index is 2.36. The highest BCUT2D eigenvalue weighted by molar-refractivity contribution is 6.10. The molecular weight excluding hydrogens is 296 g/mol. The topological polar surface area (TPSA) is 84.2 Å². The third-order valence-corrected chi connectivity index (χ3v) is 3.61. The zero-order chi connectivity index (χ0) is 16.6. The van der Waals surface area contributed by atoms with Crippen LogP contribution < -0.4 is 5.56 Å². The molecule has 120 valence electrons. The van der Waals surface area contributed by atoms with E-state index in [1.165, 1.54) is 0 Å². The zero-order valence-electron chi connectivity index (χ0n) is 13.2. The Hall–Kier alpha value is -2.60. The van der Waals surface area contributed by atoms with Crippen LogP contribution in [0.4, 0.5) is 0 Å². The first-order chi connectivity index (χ1) is 11.0. The summed E-state index contributed by atoms with van der Waals surface area (Å²) in [5, 5.41) is 1.57. The molecule has 3 aromatic rings. The number of benzene rings is 1. The number of esters is 1. The molecular formula is C17H18N2O4. The van der Waals surface area contributed by atoms with E-state index < -0.39 is 5.97 Å². The summed E-state index contributed by atoms with van der Waals surface area (Å²) in [5.74, 6) is -0.559. The summed E-state index contributed by atoms with van der Waals surface area (Å²) in [6, 6.07) is 7.57. The molecule has 2 heterocycles. The molecule has 6 heteroatoms. The average molecular weight is 314 g/mol. The number of fused-ring (bicyclic) bond motifs is 3. The van der Waals surface area contributed by atoms with Gasteiger partial charge in [-0.15, -0.1) is 0 Å². The lowest BCUT2D eigenvalue weighted by Gasteiger charge is -2.12. The van der Waals surface area contributed by atoms with Gasteiger partial charge < -0.3 is 19.4 Å². The van der Waals surface area contributed by atoms with Gasteiger partial charge in [0.25, 0.3) is 5.56 Å². The van der Waals surface area contributed by atoms with Crippen molar-refractivity contribution < 1.29 is 14.3 Å². The van der Waals surface area contributed by atoms with Crippen molar-refractivity contribution >= 4 is 27.8 Å². The van der Waals surface area contributed by atoms with Crippen LogP contribution in [0.5, 0.6) is 0 Å². The Morgan fingerprint density at radius 2 is 1.96 bits per heavy atom. The highest BCUT2D eigenvalue weighted by Gasteiger charge is 2.22. The first-order valence-corrected chi connectivity index (χ1v) is 7.38. The molecule has 2 aromatic heterocycles. The third kappa shape index (κ3) is 2.61. The van der Waals surface area contributed by atoms with Crippen LogP contribution in [0.3, 0.4) is 0 Å². The van der Waals surface area contributed by atoms with Crippen LogP contribution in [0.15, 0.2) is 29.1 Å². The summed E-state index contributed by atoms with van der Waals surface area (Å²) in [6.45, 7) is 3.71. The van der Waals surface area contributed by atoms with E-state index in [1.54, 1.807) is 21.0 Å². The van der Waals surface area contributed by atoms with Crippen LogP contribution in [0, 0.1) is 0 Å². The van der Waals surface area contributed by atoms with Gasteiger partial charge >= 0.3 is 5.97 Å². The molecule has 0 saturated heterocycles. The van der Waals surface area contributed by atoms with Crippen LogP contribution in [0.2, 0.25) is 0 Å². The van der Waals surface area contributed by atoms with Gasteiger partial charge in [-0.05, 0) is 19.9 Å². The fraction of sp³-hybridized carbons (Fsp3) is 0.294. The zero-order valence-corrected chi connectivity index (χ0v) is 13.2. The number of ether oxygens (including phenoxy) is 2. The van der Waals surface area contributed by atoms with Crippen LogP contribution in [0.1, 0.15) is 29.9 Å². The first kappa shape index (κ1) is 15.3. The number of hydrogen-bond acceptors (Lipinski definition) is 4. The van der Waals surface area contributed by atoms with Crippen molar-refractivity contribution in [2.45, 2.75) is 26.6 Å². The van der Waals surface area contributed by atoms with Gasteiger partial charge in [0.1, 0.15) is 11.2 Å². The number of aromatic amines is 2. The second kappa shape index (κ2) is 5.89. The highest BCUT2D eigenvalue weighted by atomic mass is 16.5. The number of aromatic nitrogens is 2. The largest absolute Gasteiger partial charge is 0.458 e. The van der Waals surface area contributed by atoms with Gasteiger partial charge in [0, 0.05) is 29.0 Å². The standard InChI is InChI=1S/C17H18N2O4/c1-9(2)23-17(21)14-11(8-22-3)13-10-6-4-5-7-12(10)18-15(13)16(20)19-14/h4-7,9,18H,8H2,1-3H3,(H,19,20). The molecule has 0 aliphatic carbocycles. The SMILES string of the molecule is COCc1c(C(=O)OC(C)C)[nH]c(=O)c2[nH]c3ccccc3c12. The Morgan fingerprint density at radius 3 is 2.65 bits per heavy atom. The van der Waals surface area contributed by atoms with E-state index in [9.17, 15) is 9.59 Å². The number of rotatable bonds is 4. The molecule has 0 radical (unpaired) electrons. The molecule has 0 amide bonds. The van der Waals surface area contributed by atoms with E-state index in [0.717, 1.165) is 10.9 Å². The molecule has 0 atom stereocenters. The molecule has 6 nitrogen and oxygen atoms in total. The molecule has 0 aliphatic heterocycles. The lowest BCUT2D eigenvalue weighted by atomic mass is 10.1. The van der Waals surface area contributed by atoms with E-state index in [1.807, 2.05) is 24.3 Å². The predicted octanol–water partition coefficient (Wildman–Crippen LogP) is 2.72. The quantitative estimate of drug-likeness (QED) is 0.725. The van der Waals surface area contributed by atoms with Crippen molar-refractivity contribution in [3.8, 4) is 0 Å². The van der Waals surface area contributed by atoms with Crippen molar-refractivity contribution in [2.24, 2.45) is 0 Å². The summed E-state index contributed by atoms with van der Waals surface area (Å²) >= 11 is 0. The van der Waals surface area contributed by atoms with Crippen molar-refractivity contribution in [2.75, 3.05) is 7.11 Å². The lowest BCUT2D eigenvalue weighted by molar-refractivity contribution is 0.0366. The first-order valence-electron chi connectivity index (χ1n) is 7.38. The molecule has 0 fully saturated rings. The smallest absolute Gasteiger partial charge is 0.355 e. The van der Waals surface area contributed by atoms with E-state index in [0.29, 0.717) is 16.5 Å². The van der Waals surface area contributed by atoms with Crippen LogP contribution in [0.25, 0.3) is 21.8 Å². The lowest BCUT2D eigenvalue weighted by Crippen LogP contribution is -2.21. The number of methoxy groups -OCH3 is 1. The molecule has 0 unspecified atom stereocenters. The number of nitrogens with one attached hydrogen (secondary N) is 2. The van der Waals surface area contributed by atoms with E-state index in [-0.39, 0.29) is 24.0 Å². The Bertz CT molecular complexity index is 937. The minimum absolute atomic E-state index is 0.141. The van der Waals surface area contributed by atoms with Crippen molar-refractivity contribution in [1.82, 2.24) is 9.97 Å². The minimum atomic E-state index is -0.559. The third-order valence-electron chi connectivity index (χ3n) is 3.61. The Kier molecular flexibility index (Phi) is 3.92. The average Bonchev–Trinajstić information content (AvgIpc) is 2.89. The maximum absolute atomic E-state index is 12.4. The number of H-pyrrole nitrogens is 2. The second-order valence-corrected chi connectivity index (χ2v) is 5.62. The summed E-state index contributed by atoms with van der Waals surface area (Å²) < 4.78 is 10.5. The molecule has 23 heavy (non-hydrogen) atoms. The van der Waals surface area contributed by atoms with Crippen LogP contribution in [-0.4, -0.2) is 29.2 Å². The number of carbonyl (C=O) groups is 1. The van der Waals surface area contributed by atoms with Crippen LogP contribution >= 0.6 is 0 Å². The fourth-order valence-electron chi connectivity index (χ4n) is 2.74. The summed E-state index contributed by atoms with van der Waals surface area (Å²) in [4.78, 5) is 30.5. The number of hydrogen-bond donors (Lipinski definition) is 2. The summed E-state index contributed by atoms with van der Waals surface area (Å²) in [5.41, 5.74) is 1.67. The van der Waals surface area contributed by atoms with Crippen molar-refractivity contribution in [1.29, 1.82) is 0 Å². The van der Waals surface area contributed by atoms with Gasteiger partial charge in [0.2, 0.25) is 0 Å². The molecule has 0 saturated carbocycles. The fourth-order valence-corrected chi connectivity index (χ4v) is 2.74. The normalized spacial score (nSPS) is 11.5. The Morgan fingerprint density at radius 1 is 1.22 bits per heavy atom. The second-order valence-electron chi connectivity index (χ2n) is 5.62. The van der Waals surface area contributed by atoms with Gasteiger partial charge in [0.15, 0.2) is 0 Å². The molecule has 3 rings (SSSR count). The van der Waals surface area contributed by atoms with Gasteiger partial charge in [-0.1, -0.05) is 18.2 Å². The molecule has 0 aliphatic rings. The number of para-hydroxylation sites is 1. The Labute approximate surface area is 132 Å². The predicted molar refractivity (Wildman–Crippen MR) is 87.7 cm³/mol. The number of carbonyl (C=O) groups excluding carboxylic acids is 1. The van der Waals surface area contributed by atoms with Gasteiger partial charge in [-0.25, -0.2) is 4.79 Å². The summed E-state index contributed by atoms with van der Waals surface area (Å²) in [7, 11) is 1.54. The monoisotopic (exact) mass is 314 g/mol. The van der Waals surface area contributed by atoms with Crippen LogP contribution in [-0.2, 0) is 16.1 Å². The number of pyridine rings is 1. The highest BCUT2D eigenvalue weighted by Crippen LogP contribution is 2.28. The molecule has 0 spiro atoms. The van der Waals surface area contributed by atoms with E-state index in [2.05, 4.69) is 9.97 Å². The van der Waals surface area contributed by atoms with Crippen molar-refractivity contribution in [3.63, 3.8) is 0 Å². The van der Waals surface area contributed by atoms with Gasteiger partial charge in [-0.2, -0.15) is 0 Å². The molecule has 0 bridgehead atoms. The maximum atomic E-state index is 12.4. The van der Waals surface area contributed by atoms with Gasteiger partial charge in [0.05, 0.1) is 12.7 Å². The maximum Gasteiger partial charge on any atom is 0.355 e.